The largest absolute Gasteiger partial charge is 0.243 e. The van der Waals surface area contributed by atoms with E-state index >= 15 is 0 Å². The van der Waals surface area contributed by atoms with Crippen LogP contribution in [-0.4, -0.2) is 9.97 Å². The summed E-state index contributed by atoms with van der Waals surface area (Å²) in [6, 6.07) is 16.4. The highest BCUT2D eigenvalue weighted by atomic mass is 79.9. The molecule has 0 N–H and O–H groups in total. The van der Waals surface area contributed by atoms with E-state index in [4.69, 9.17) is 9.97 Å². The molecule has 5 aromatic rings. The van der Waals surface area contributed by atoms with E-state index in [0.29, 0.717) is 0 Å². The van der Waals surface area contributed by atoms with Crippen LogP contribution in [0.4, 0.5) is 0 Å². The normalized spacial score (nSPS) is 13.3. The van der Waals surface area contributed by atoms with Crippen LogP contribution in [0.5, 0.6) is 0 Å². The first-order chi connectivity index (χ1) is 13.2. The van der Waals surface area contributed by atoms with Crippen molar-refractivity contribution in [3.63, 3.8) is 0 Å². The van der Waals surface area contributed by atoms with E-state index in [0.717, 1.165) is 38.7 Å². The number of hydrogen-bond donors (Lipinski definition) is 0. The average Bonchev–Trinajstić information content (AvgIpc) is 3.35. The van der Waals surface area contributed by atoms with Crippen molar-refractivity contribution >= 4 is 100 Å². The van der Waals surface area contributed by atoms with Gasteiger partial charge in [-0.25, -0.2) is 9.97 Å². The fourth-order valence-corrected chi connectivity index (χ4v) is 6.79. The highest BCUT2D eigenvalue weighted by Gasteiger charge is 2.08. The van der Waals surface area contributed by atoms with Crippen molar-refractivity contribution in [2.75, 3.05) is 0 Å². The van der Waals surface area contributed by atoms with Crippen LogP contribution in [0.2, 0.25) is 0 Å². The van der Waals surface area contributed by atoms with Gasteiger partial charge in [-0.15, -0.1) is 34.0 Å². The second kappa shape index (κ2) is 7.22. The summed E-state index contributed by atoms with van der Waals surface area (Å²) in [6.07, 6.45) is 4.40. The third-order valence-electron chi connectivity index (χ3n) is 3.99. The van der Waals surface area contributed by atoms with Crippen LogP contribution in [0.3, 0.4) is 0 Å². The van der Waals surface area contributed by atoms with Gasteiger partial charge in [-0.3, -0.25) is 0 Å². The fourth-order valence-electron chi connectivity index (χ4n) is 2.82. The Morgan fingerprint density at radius 3 is 1.52 bits per heavy atom. The molecule has 4 aromatic heterocycles. The molecule has 0 unspecified atom stereocenters. The Morgan fingerprint density at radius 2 is 1.11 bits per heavy atom. The van der Waals surface area contributed by atoms with Crippen molar-refractivity contribution in [1.82, 2.24) is 9.97 Å². The van der Waals surface area contributed by atoms with Crippen LogP contribution in [0, 0.1) is 0 Å². The Hall–Kier alpha value is -1.38. The zero-order valence-electron chi connectivity index (χ0n) is 13.6. The van der Waals surface area contributed by atoms with E-state index in [2.05, 4.69) is 68.3 Å². The van der Waals surface area contributed by atoms with E-state index in [1.54, 1.807) is 34.0 Å². The van der Waals surface area contributed by atoms with E-state index in [1.807, 2.05) is 24.3 Å². The minimum Gasteiger partial charge on any atom is -0.243 e. The quantitative estimate of drug-likeness (QED) is 0.272. The van der Waals surface area contributed by atoms with Gasteiger partial charge in [-0.05, 0) is 80.4 Å². The second-order valence-corrected chi connectivity index (χ2v) is 11.9. The van der Waals surface area contributed by atoms with Gasteiger partial charge in [0, 0.05) is 9.75 Å². The standard InChI is InChI=1S/C20H10Br2N2S3/c21-17-7-5-11(25-17)9-15-19-20(24-14-4-2-1-3-13(14)23-19)16(27-15)10-12-6-8-18(22)26-12/h1-10H/b15-9-,16-10-. The third kappa shape index (κ3) is 3.54. The van der Waals surface area contributed by atoms with Crippen molar-refractivity contribution in [2.45, 2.75) is 0 Å². The van der Waals surface area contributed by atoms with Gasteiger partial charge in [-0.1, -0.05) is 12.1 Å². The molecular formula is C20H10Br2N2S3. The number of fused-ring (bicyclic) bond motifs is 2. The van der Waals surface area contributed by atoms with Crippen molar-refractivity contribution in [3.05, 3.63) is 74.9 Å². The lowest BCUT2D eigenvalue weighted by molar-refractivity contribution is 1.40. The SMILES string of the molecule is Brc1ccc(/C=c2\s/c(=C\c3ccc(Br)s3)c3nc4ccccc4nc23)s1. The highest BCUT2D eigenvalue weighted by molar-refractivity contribution is 9.11. The summed E-state index contributed by atoms with van der Waals surface area (Å²) in [5, 5.41) is 0. The molecule has 0 saturated carbocycles. The van der Waals surface area contributed by atoms with Crippen LogP contribution in [0.15, 0.2) is 56.1 Å². The van der Waals surface area contributed by atoms with Gasteiger partial charge >= 0.3 is 0 Å². The molecule has 27 heavy (non-hydrogen) atoms. The smallest absolute Gasteiger partial charge is 0.108 e. The molecule has 0 aliphatic rings. The maximum absolute atomic E-state index is 4.93. The molecular weight excluding hydrogens is 524 g/mol. The molecule has 0 amide bonds. The average molecular weight is 534 g/mol. The fraction of sp³-hybridized carbons (Fsp3) is 0. The summed E-state index contributed by atoms with van der Waals surface area (Å²) in [5.41, 5.74) is 3.78. The van der Waals surface area contributed by atoms with Crippen LogP contribution >= 0.6 is 65.9 Å². The van der Waals surface area contributed by atoms with Crippen molar-refractivity contribution in [3.8, 4) is 0 Å². The topological polar surface area (TPSA) is 25.8 Å². The van der Waals surface area contributed by atoms with Crippen LogP contribution in [-0.2, 0) is 0 Å². The van der Waals surface area contributed by atoms with Crippen LogP contribution < -0.4 is 9.06 Å². The van der Waals surface area contributed by atoms with Gasteiger partial charge in [0.2, 0.25) is 0 Å². The van der Waals surface area contributed by atoms with E-state index in [1.165, 1.54) is 9.75 Å². The van der Waals surface area contributed by atoms with E-state index in [9.17, 15) is 0 Å². The Kier molecular flexibility index (Phi) is 4.73. The molecule has 1 aromatic carbocycles. The highest BCUT2D eigenvalue weighted by Crippen LogP contribution is 2.24. The first kappa shape index (κ1) is 17.7. The lowest BCUT2D eigenvalue weighted by Gasteiger charge is -1.96. The summed E-state index contributed by atoms with van der Waals surface area (Å²) in [7, 11) is 0. The molecule has 0 atom stereocenters. The van der Waals surface area contributed by atoms with E-state index in [-0.39, 0.29) is 0 Å². The molecule has 0 fully saturated rings. The predicted molar refractivity (Wildman–Crippen MR) is 125 cm³/mol. The number of halogens is 2. The molecule has 0 bridgehead atoms. The maximum Gasteiger partial charge on any atom is 0.108 e. The number of para-hydroxylation sites is 2. The Balaban J connectivity index is 1.85. The number of rotatable bonds is 2. The number of benzene rings is 1. The van der Waals surface area contributed by atoms with Gasteiger partial charge in [-0.2, -0.15) is 0 Å². The number of hydrogen-bond acceptors (Lipinski definition) is 5. The Morgan fingerprint density at radius 1 is 0.630 bits per heavy atom. The molecule has 0 aliphatic carbocycles. The monoisotopic (exact) mass is 532 g/mol. The number of nitrogens with zero attached hydrogens (tertiary/aromatic N) is 2. The maximum atomic E-state index is 4.93. The Labute approximate surface area is 183 Å². The molecule has 0 aliphatic heterocycles. The van der Waals surface area contributed by atoms with Crippen molar-refractivity contribution in [1.29, 1.82) is 0 Å². The predicted octanol–water partition coefficient (Wildman–Crippen LogP) is 6.15. The van der Waals surface area contributed by atoms with Gasteiger partial charge in [0.1, 0.15) is 11.0 Å². The first-order valence-electron chi connectivity index (χ1n) is 8.05. The van der Waals surface area contributed by atoms with Crippen molar-refractivity contribution < 1.29 is 0 Å². The second-order valence-electron chi connectivity index (χ2n) is 5.81. The third-order valence-corrected chi connectivity index (χ3v) is 8.20. The summed E-state index contributed by atoms with van der Waals surface area (Å²) >= 11 is 12.3. The van der Waals surface area contributed by atoms with Crippen LogP contribution in [0.25, 0.3) is 34.2 Å². The molecule has 4 heterocycles. The molecule has 132 valence electrons. The lowest BCUT2D eigenvalue weighted by atomic mass is 10.2. The molecule has 0 spiro atoms. The van der Waals surface area contributed by atoms with Gasteiger partial charge in [0.25, 0.3) is 0 Å². The van der Waals surface area contributed by atoms with Crippen LogP contribution in [0.1, 0.15) is 9.75 Å². The number of aromatic nitrogens is 2. The summed E-state index contributed by atoms with van der Waals surface area (Å²) in [4.78, 5) is 12.3. The molecule has 7 heteroatoms. The summed E-state index contributed by atoms with van der Waals surface area (Å²) in [5.74, 6) is 0. The molecule has 2 nitrogen and oxygen atoms in total. The van der Waals surface area contributed by atoms with Gasteiger partial charge in [0.15, 0.2) is 0 Å². The molecule has 0 radical (unpaired) electrons. The summed E-state index contributed by atoms with van der Waals surface area (Å²) < 4.78 is 4.53. The van der Waals surface area contributed by atoms with Gasteiger partial charge < -0.3 is 0 Å². The summed E-state index contributed by atoms with van der Waals surface area (Å²) in [6.45, 7) is 0. The zero-order chi connectivity index (χ0) is 18.4. The molecule has 5 rings (SSSR count). The van der Waals surface area contributed by atoms with E-state index < -0.39 is 0 Å². The Bertz CT molecular complexity index is 1310. The van der Waals surface area contributed by atoms with Crippen molar-refractivity contribution in [2.24, 2.45) is 0 Å². The minimum absolute atomic E-state index is 0.926. The zero-order valence-corrected chi connectivity index (χ0v) is 19.3. The minimum atomic E-state index is 0.926. The number of thiophene rings is 3. The lowest BCUT2D eigenvalue weighted by Crippen LogP contribution is -1.97. The van der Waals surface area contributed by atoms with Gasteiger partial charge in [0.05, 0.1) is 27.7 Å². The first-order valence-corrected chi connectivity index (χ1v) is 12.1. The molecule has 0 saturated heterocycles.